The molecule has 0 spiro atoms. The highest BCUT2D eigenvalue weighted by molar-refractivity contribution is 6.30. The number of pyridine rings is 1. The van der Waals surface area contributed by atoms with E-state index in [1.165, 1.54) is 0 Å². The zero-order chi connectivity index (χ0) is 19.5. The van der Waals surface area contributed by atoms with Crippen LogP contribution in [0, 0.1) is 0 Å². The molecule has 0 N–H and O–H groups in total. The number of halogens is 1. The van der Waals surface area contributed by atoms with E-state index in [9.17, 15) is 9.59 Å². The topological polar surface area (TPSA) is 58.4 Å². The number of aromatic nitrogens is 2. The smallest absolute Gasteiger partial charge is 0.272 e. The van der Waals surface area contributed by atoms with Crippen LogP contribution in [0.3, 0.4) is 0 Å². The first kappa shape index (κ1) is 17.0. The highest BCUT2D eigenvalue weighted by Gasteiger charge is 2.60. The molecule has 4 heterocycles. The van der Waals surface area contributed by atoms with Crippen LogP contribution in [0.2, 0.25) is 5.02 Å². The SMILES string of the molecule is Cn1cccc1C(=O)N1CCN2C(=O)c3ccncc3C21c1ccc(Cl)cc1. The minimum absolute atomic E-state index is 0.0884. The summed E-state index contributed by atoms with van der Waals surface area (Å²) in [7, 11) is 1.84. The van der Waals surface area contributed by atoms with E-state index in [1.54, 1.807) is 51.0 Å². The van der Waals surface area contributed by atoms with Gasteiger partial charge in [-0.2, -0.15) is 0 Å². The van der Waals surface area contributed by atoms with Crippen molar-refractivity contribution in [3.63, 3.8) is 0 Å². The summed E-state index contributed by atoms with van der Waals surface area (Å²) in [5.74, 6) is -0.219. The van der Waals surface area contributed by atoms with Gasteiger partial charge < -0.3 is 14.4 Å². The maximum atomic E-state index is 13.6. The summed E-state index contributed by atoms with van der Waals surface area (Å²) in [5, 5.41) is 0.598. The molecule has 1 unspecified atom stereocenters. The zero-order valence-corrected chi connectivity index (χ0v) is 15.9. The van der Waals surface area contributed by atoms with Gasteiger partial charge in [-0.15, -0.1) is 0 Å². The number of fused-ring (bicyclic) bond motifs is 3. The van der Waals surface area contributed by atoms with Crippen molar-refractivity contribution in [2.45, 2.75) is 5.66 Å². The Kier molecular flexibility index (Phi) is 3.61. The third kappa shape index (κ3) is 2.06. The Bertz CT molecular complexity index is 1110. The second kappa shape index (κ2) is 5.94. The van der Waals surface area contributed by atoms with Gasteiger partial charge in [-0.05, 0) is 30.3 Å². The fourth-order valence-electron chi connectivity index (χ4n) is 4.43. The Hall–Kier alpha value is -3.12. The summed E-state index contributed by atoms with van der Waals surface area (Å²) in [4.78, 5) is 34.5. The fraction of sp³-hybridized carbons (Fsp3) is 0.190. The summed E-state index contributed by atoms with van der Waals surface area (Å²) in [6, 6.07) is 12.7. The maximum Gasteiger partial charge on any atom is 0.272 e. The van der Waals surface area contributed by atoms with Crippen LogP contribution >= 0.6 is 11.6 Å². The Labute approximate surface area is 167 Å². The predicted octanol–water partition coefficient (Wildman–Crippen LogP) is 2.89. The van der Waals surface area contributed by atoms with Gasteiger partial charge in [0, 0.05) is 54.9 Å². The van der Waals surface area contributed by atoms with Crippen molar-refractivity contribution in [2.24, 2.45) is 7.05 Å². The third-order valence-electron chi connectivity index (χ3n) is 5.66. The molecule has 140 valence electrons. The Morgan fingerprint density at radius 1 is 1.14 bits per heavy atom. The Balaban J connectivity index is 1.77. The summed E-state index contributed by atoms with van der Waals surface area (Å²) >= 11 is 6.11. The van der Waals surface area contributed by atoms with E-state index < -0.39 is 5.66 Å². The molecule has 2 amide bonds. The molecule has 1 aromatic carbocycles. The lowest BCUT2D eigenvalue weighted by molar-refractivity contribution is 0.0368. The molecule has 7 heteroatoms. The molecule has 0 saturated carbocycles. The molecule has 3 aromatic rings. The van der Waals surface area contributed by atoms with Gasteiger partial charge in [0.05, 0.1) is 5.56 Å². The van der Waals surface area contributed by atoms with E-state index in [2.05, 4.69) is 4.98 Å². The van der Waals surface area contributed by atoms with Crippen LogP contribution in [-0.4, -0.2) is 44.3 Å². The van der Waals surface area contributed by atoms with Gasteiger partial charge in [-0.3, -0.25) is 14.6 Å². The van der Waals surface area contributed by atoms with Gasteiger partial charge in [0.25, 0.3) is 11.8 Å². The molecule has 2 aromatic heterocycles. The first-order chi connectivity index (χ1) is 13.5. The fourth-order valence-corrected chi connectivity index (χ4v) is 4.56. The van der Waals surface area contributed by atoms with Crippen LogP contribution in [0.1, 0.15) is 32.0 Å². The summed E-state index contributed by atoms with van der Waals surface area (Å²) in [6.45, 7) is 0.888. The second-order valence-corrected chi connectivity index (χ2v) is 7.45. The molecule has 1 fully saturated rings. The first-order valence-electron chi connectivity index (χ1n) is 9.01. The number of carbonyl (C=O) groups is 2. The van der Waals surface area contributed by atoms with E-state index in [0.29, 0.717) is 29.4 Å². The van der Waals surface area contributed by atoms with E-state index >= 15 is 0 Å². The van der Waals surface area contributed by atoms with Crippen molar-refractivity contribution < 1.29 is 9.59 Å². The molecule has 5 rings (SSSR count). The lowest BCUT2D eigenvalue weighted by atomic mass is 9.91. The number of amides is 2. The number of nitrogens with zero attached hydrogens (tertiary/aromatic N) is 4. The molecule has 2 aliphatic rings. The van der Waals surface area contributed by atoms with E-state index in [-0.39, 0.29) is 11.8 Å². The third-order valence-corrected chi connectivity index (χ3v) is 5.91. The van der Waals surface area contributed by atoms with Gasteiger partial charge in [-0.25, -0.2) is 0 Å². The van der Waals surface area contributed by atoms with Crippen LogP contribution < -0.4 is 0 Å². The van der Waals surface area contributed by atoms with Crippen molar-refractivity contribution in [1.29, 1.82) is 0 Å². The van der Waals surface area contributed by atoms with Crippen LogP contribution in [0.25, 0.3) is 0 Å². The molecule has 0 radical (unpaired) electrons. The highest BCUT2D eigenvalue weighted by atomic mass is 35.5. The molecule has 6 nitrogen and oxygen atoms in total. The number of hydrogen-bond acceptors (Lipinski definition) is 3. The van der Waals surface area contributed by atoms with Gasteiger partial charge in [0.1, 0.15) is 5.69 Å². The molecular formula is C21H17ClN4O2. The summed E-state index contributed by atoms with van der Waals surface area (Å²) in [6.07, 6.45) is 5.14. The average molecular weight is 393 g/mol. The van der Waals surface area contributed by atoms with Crippen molar-refractivity contribution >= 4 is 23.4 Å². The molecule has 0 bridgehead atoms. The zero-order valence-electron chi connectivity index (χ0n) is 15.2. The standard InChI is InChI=1S/C21H17ClN4O2/c1-24-10-2-3-18(24)20(28)26-12-11-25-19(27)16-8-9-23-13-17(16)21(25,26)14-4-6-15(22)7-5-14/h2-10,13H,11-12H2,1H3. The van der Waals surface area contributed by atoms with Crippen molar-refractivity contribution in [3.8, 4) is 0 Å². The lowest BCUT2D eigenvalue weighted by Gasteiger charge is -2.40. The predicted molar refractivity (Wildman–Crippen MR) is 104 cm³/mol. The van der Waals surface area contributed by atoms with Crippen LogP contribution in [0.15, 0.2) is 61.1 Å². The molecule has 1 saturated heterocycles. The number of carbonyl (C=O) groups excluding carboxylic acids is 2. The quantitative estimate of drug-likeness (QED) is 0.673. The minimum Gasteiger partial charge on any atom is -0.347 e. The Morgan fingerprint density at radius 2 is 1.93 bits per heavy atom. The number of aryl methyl sites for hydroxylation is 1. The van der Waals surface area contributed by atoms with Gasteiger partial charge in [0.15, 0.2) is 5.66 Å². The van der Waals surface area contributed by atoms with Crippen molar-refractivity contribution in [2.75, 3.05) is 13.1 Å². The highest BCUT2D eigenvalue weighted by Crippen LogP contribution is 2.49. The van der Waals surface area contributed by atoms with Gasteiger partial charge in [-0.1, -0.05) is 23.7 Å². The van der Waals surface area contributed by atoms with E-state index in [1.807, 2.05) is 31.4 Å². The van der Waals surface area contributed by atoms with Crippen LogP contribution in [0.4, 0.5) is 0 Å². The summed E-state index contributed by atoms with van der Waals surface area (Å²) < 4.78 is 1.79. The first-order valence-corrected chi connectivity index (χ1v) is 9.38. The Morgan fingerprint density at radius 3 is 2.64 bits per heavy atom. The van der Waals surface area contributed by atoms with E-state index in [4.69, 9.17) is 11.6 Å². The van der Waals surface area contributed by atoms with Crippen LogP contribution in [0.5, 0.6) is 0 Å². The number of benzene rings is 1. The lowest BCUT2D eigenvalue weighted by Crippen LogP contribution is -2.51. The number of hydrogen-bond donors (Lipinski definition) is 0. The van der Waals surface area contributed by atoms with Crippen molar-refractivity contribution in [3.05, 3.63) is 88.5 Å². The summed E-state index contributed by atoms with van der Waals surface area (Å²) in [5.41, 5.74) is 1.67. The second-order valence-electron chi connectivity index (χ2n) is 7.02. The van der Waals surface area contributed by atoms with Gasteiger partial charge >= 0.3 is 0 Å². The molecule has 28 heavy (non-hydrogen) atoms. The van der Waals surface area contributed by atoms with Crippen LogP contribution in [-0.2, 0) is 12.7 Å². The minimum atomic E-state index is -1.02. The molecule has 2 aliphatic heterocycles. The maximum absolute atomic E-state index is 13.6. The molecule has 1 atom stereocenters. The largest absolute Gasteiger partial charge is 0.347 e. The van der Waals surface area contributed by atoms with Gasteiger partial charge in [0.2, 0.25) is 0 Å². The van der Waals surface area contributed by atoms with Crippen molar-refractivity contribution in [1.82, 2.24) is 19.4 Å². The molecule has 0 aliphatic carbocycles. The number of rotatable bonds is 2. The average Bonchev–Trinajstić information content (AvgIpc) is 3.37. The normalized spacial score (nSPS) is 20.4. The van der Waals surface area contributed by atoms with E-state index in [0.717, 1.165) is 11.1 Å². The monoisotopic (exact) mass is 392 g/mol. The molecular weight excluding hydrogens is 376 g/mol.